The zero-order chi connectivity index (χ0) is 15.4. The lowest BCUT2D eigenvalue weighted by atomic mass is 9.97. The first-order chi connectivity index (χ1) is 10.1. The van der Waals surface area contributed by atoms with Gasteiger partial charge in [0.2, 0.25) is 0 Å². The Hall–Kier alpha value is -1.10. The summed E-state index contributed by atoms with van der Waals surface area (Å²) in [6.07, 6.45) is 0. The Morgan fingerprint density at radius 3 is 2.71 bits per heavy atom. The molecule has 0 aromatic heterocycles. The highest BCUT2D eigenvalue weighted by Crippen LogP contribution is 2.36. The number of hydrogen-bond donors (Lipinski definition) is 1. The normalized spacial score (nSPS) is 12.2. The molecule has 0 aliphatic rings. The van der Waals surface area contributed by atoms with Crippen LogP contribution in [0.2, 0.25) is 5.02 Å². The number of benzene rings is 2. The van der Waals surface area contributed by atoms with E-state index in [2.05, 4.69) is 21.2 Å². The van der Waals surface area contributed by atoms with Crippen molar-refractivity contribution >= 4 is 27.5 Å². The van der Waals surface area contributed by atoms with Gasteiger partial charge in [-0.15, -0.1) is 0 Å². The number of halogens is 3. The van der Waals surface area contributed by atoms with Crippen LogP contribution in [0.4, 0.5) is 4.39 Å². The van der Waals surface area contributed by atoms with Gasteiger partial charge < -0.3 is 10.1 Å². The van der Waals surface area contributed by atoms with Gasteiger partial charge in [0.1, 0.15) is 11.6 Å². The molecule has 0 saturated carbocycles. The summed E-state index contributed by atoms with van der Waals surface area (Å²) in [5.74, 6) is 0.322. The zero-order valence-electron chi connectivity index (χ0n) is 11.8. The molecule has 1 atom stereocenters. The van der Waals surface area contributed by atoms with Crippen LogP contribution in [0.25, 0.3) is 0 Å². The maximum absolute atomic E-state index is 13.7. The molecular weight excluding hydrogens is 357 g/mol. The molecule has 2 nitrogen and oxygen atoms in total. The predicted octanol–water partition coefficient (Wildman–Crippen LogP) is 4.95. The Labute approximate surface area is 137 Å². The standard InChI is InChI=1S/C16H16BrClFNO/c1-3-21-14-8-7-10(17)9-12(14)16(20-2)11-5-4-6-13(19)15(11)18/h4-9,16,20H,3H2,1-2H3. The van der Waals surface area contributed by atoms with Crippen LogP contribution in [-0.2, 0) is 0 Å². The smallest absolute Gasteiger partial charge is 0.142 e. The zero-order valence-corrected chi connectivity index (χ0v) is 14.1. The summed E-state index contributed by atoms with van der Waals surface area (Å²) < 4.78 is 20.3. The fourth-order valence-corrected chi connectivity index (χ4v) is 2.87. The Bertz CT molecular complexity index is 636. The summed E-state index contributed by atoms with van der Waals surface area (Å²) in [6, 6.07) is 10.3. The van der Waals surface area contributed by atoms with Gasteiger partial charge in [-0.1, -0.05) is 39.7 Å². The second-order valence-electron chi connectivity index (χ2n) is 4.48. The molecule has 0 heterocycles. The lowest BCUT2D eigenvalue weighted by Crippen LogP contribution is -2.19. The quantitative estimate of drug-likeness (QED) is 0.802. The average Bonchev–Trinajstić information content (AvgIpc) is 2.47. The van der Waals surface area contributed by atoms with Gasteiger partial charge in [-0.05, 0) is 43.8 Å². The van der Waals surface area contributed by atoms with Crippen LogP contribution in [0.15, 0.2) is 40.9 Å². The third-order valence-electron chi connectivity index (χ3n) is 3.16. The minimum atomic E-state index is -0.428. The van der Waals surface area contributed by atoms with Crippen LogP contribution in [0.5, 0.6) is 5.75 Å². The number of nitrogens with one attached hydrogen (secondary N) is 1. The van der Waals surface area contributed by atoms with Gasteiger partial charge in [-0.3, -0.25) is 0 Å². The van der Waals surface area contributed by atoms with Crippen molar-refractivity contribution in [3.8, 4) is 5.75 Å². The second kappa shape index (κ2) is 7.25. The van der Waals surface area contributed by atoms with Crippen molar-refractivity contribution in [1.82, 2.24) is 5.32 Å². The summed E-state index contributed by atoms with van der Waals surface area (Å²) in [5.41, 5.74) is 1.58. The van der Waals surface area contributed by atoms with Crippen molar-refractivity contribution in [3.05, 3.63) is 62.8 Å². The fourth-order valence-electron chi connectivity index (χ4n) is 2.25. The summed E-state index contributed by atoms with van der Waals surface area (Å²) in [7, 11) is 1.81. The van der Waals surface area contributed by atoms with Crippen LogP contribution in [-0.4, -0.2) is 13.7 Å². The van der Waals surface area contributed by atoms with Crippen LogP contribution in [0.1, 0.15) is 24.1 Å². The van der Waals surface area contributed by atoms with Gasteiger partial charge in [-0.25, -0.2) is 4.39 Å². The molecule has 2 rings (SSSR count). The number of ether oxygens (including phenoxy) is 1. The largest absolute Gasteiger partial charge is 0.494 e. The van der Waals surface area contributed by atoms with E-state index in [-0.39, 0.29) is 11.1 Å². The van der Waals surface area contributed by atoms with Crippen LogP contribution in [0, 0.1) is 5.82 Å². The van der Waals surface area contributed by atoms with Crippen molar-refractivity contribution < 1.29 is 9.13 Å². The molecular formula is C16H16BrClFNO. The minimum Gasteiger partial charge on any atom is -0.494 e. The van der Waals surface area contributed by atoms with E-state index in [1.807, 2.05) is 38.2 Å². The molecule has 0 fully saturated rings. The highest BCUT2D eigenvalue weighted by atomic mass is 79.9. The first-order valence-corrected chi connectivity index (χ1v) is 7.79. The van der Waals surface area contributed by atoms with Gasteiger partial charge in [0.25, 0.3) is 0 Å². The van der Waals surface area contributed by atoms with Crippen LogP contribution >= 0.6 is 27.5 Å². The molecule has 0 aliphatic carbocycles. The van der Waals surface area contributed by atoms with E-state index in [4.69, 9.17) is 16.3 Å². The summed E-state index contributed by atoms with van der Waals surface area (Å²) in [6.45, 7) is 2.48. The van der Waals surface area contributed by atoms with Crippen LogP contribution < -0.4 is 10.1 Å². The highest BCUT2D eigenvalue weighted by Gasteiger charge is 2.21. The van der Waals surface area contributed by atoms with Crippen molar-refractivity contribution in [2.45, 2.75) is 13.0 Å². The number of hydrogen-bond acceptors (Lipinski definition) is 2. The van der Waals surface area contributed by atoms with Crippen molar-refractivity contribution in [1.29, 1.82) is 0 Å². The highest BCUT2D eigenvalue weighted by molar-refractivity contribution is 9.10. The first-order valence-electron chi connectivity index (χ1n) is 6.61. The molecule has 0 spiro atoms. The second-order valence-corrected chi connectivity index (χ2v) is 5.77. The van der Waals surface area contributed by atoms with Crippen LogP contribution in [0.3, 0.4) is 0 Å². The molecule has 5 heteroatoms. The van der Waals surface area contributed by atoms with E-state index < -0.39 is 5.82 Å². The van der Waals surface area contributed by atoms with Crippen molar-refractivity contribution in [2.24, 2.45) is 0 Å². The third kappa shape index (κ3) is 3.57. The minimum absolute atomic E-state index is 0.124. The number of rotatable bonds is 5. The third-order valence-corrected chi connectivity index (χ3v) is 4.06. The molecule has 21 heavy (non-hydrogen) atoms. The van der Waals surface area contributed by atoms with E-state index in [0.29, 0.717) is 12.2 Å². The van der Waals surface area contributed by atoms with Gasteiger partial charge in [-0.2, -0.15) is 0 Å². The van der Waals surface area contributed by atoms with Crippen molar-refractivity contribution in [3.63, 3.8) is 0 Å². The molecule has 0 amide bonds. The molecule has 1 unspecified atom stereocenters. The van der Waals surface area contributed by atoms with E-state index in [0.717, 1.165) is 15.8 Å². The molecule has 2 aromatic rings. The maximum atomic E-state index is 13.7. The monoisotopic (exact) mass is 371 g/mol. The Kier molecular flexibility index (Phi) is 5.62. The summed E-state index contributed by atoms with van der Waals surface area (Å²) >= 11 is 9.58. The molecule has 0 radical (unpaired) electrons. The fraction of sp³-hybridized carbons (Fsp3) is 0.250. The molecule has 0 saturated heterocycles. The van der Waals surface area contributed by atoms with Crippen molar-refractivity contribution in [2.75, 3.05) is 13.7 Å². The molecule has 112 valence electrons. The van der Waals surface area contributed by atoms with Gasteiger partial charge in [0.05, 0.1) is 17.7 Å². The van der Waals surface area contributed by atoms with E-state index >= 15 is 0 Å². The molecule has 1 N–H and O–H groups in total. The van der Waals surface area contributed by atoms with E-state index in [1.54, 1.807) is 6.07 Å². The lowest BCUT2D eigenvalue weighted by Gasteiger charge is -2.22. The predicted molar refractivity (Wildman–Crippen MR) is 87.6 cm³/mol. The van der Waals surface area contributed by atoms with Gasteiger partial charge in [0, 0.05) is 10.0 Å². The van der Waals surface area contributed by atoms with Gasteiger partial charge in [0.15, 0.2) is 0 Å². The van der Waals surface area contributed by atoms with E-state index in [9.17, 15) is 4.39 Å². The Morgan fingerprint density at radius 2 is 2.05 bits per heavy atom. The molecule has 2 aromatic carbocycles. The summed E-state index contributed by atoms with van der Waals surface area (Å²) in [5, 5.41) is 3.30. The first kappa shape index (κ1) is 16.3. The topological polar surface area (TPSA) is 21.3 Å². The SMILES string of the molecule is CCOc1ccc(Br)cc1C(NC)c1cccc(F)c1Cl. The summed E-state index contributed by atoms with van der Waals surface area (Å²) in [4.78, 5) is 0. The molecule has 0 aliphatic heterocycles. The average molecular weight is 373 g/mol. The maximum Gasteiger partial charge on any atom is 0.142 e. The molecule has 0 bridgehead atoms. The van der Waals surface area contributed by atoms with E-state index in [1.165, 1.54) is 6.07 Å². The lowest BCUT2D eigenvalue weighted by molar-refractivity contribution is 0.334. The van der Waals surface area contributed by atoms with Gasteiger partial charge >= 0.3 is 0 Å². The Balaban J connectivity index is 2.55. The Morgan fingerprint density at radius 1 is 1.29 bits per heavy atom.